The van der Waals surface area contributed by atoms with Crippen LogP contribution in [0.3, 0.4) is 0 Å². The molecule has 29 heavy (non-hydrogen) atoms. The summed E-state index contributed by atoms with van der Waals surface area (Å²) in [6.07, 6.45) is 1.41. The molecule has 0 aliphatic heterocycles. The van der Waals surface area contributed by atoms with Crippen LogP contribution < -0.4 is 5.32 Å². The van der Waals surface area contributed by atoms with Gasteiger partial charge in [0, 0.05) is 0 Å². The van der Waals surface area contributed by atoms with Crippen molar-refractivity contribution in [2.45, 2.75) is 12.6 Å². The van der Waals surface area contributed by atoms with Crippen LogP contribution in [0, 0.1) is 0 Å². The van der Waals surface area contributed by atoms with Gasteiger partial charge in [-0.05, 0) is 34.0 Å². The SMILES string of the molecule is O=C(NC(C(=O)OCc1cccc2ccccc12)c1ccccc1)c1ccco1. The molecule has 1 amide bonds. The van der Waals surface area contributed by atoms with E-state index in [1.54, 1.807) is 36.4 Å². The van der Waals surface area contributed by atoms with Crippen molar-refractivity contribution in [3.05, 3.63) is 108 Å². The molecule has 0 radical (unpaired) electrons. The summed E-state index contributed by atoms with van der Waals surface area (Å²) in [6.45, 7) is 0.111. The monoisotopic (exact) mass is 385 g/mol. The van der Waals surface area contributed by atoms with Crippen LogP contribution in [0.1, 0.15) is 27.7 Å². The molecule has 0 saturated carbocycles. The van der Waals surface area contributed by atoms with Gasteiger partial charge in [0.1, 0.15) is 6.61 Å². The minimum Gasteiger partial charge on any atom is -0.459 e. The number of amides is 1. The fourth-order valence-corrected chi connectivity index (χ4v) is 3.18. The van der Waals surface area contributed by atoms with Gasteiger partial charge in [0.2, 0.25) is 0 Å². The summed E-state index contributed by atoms with van der Waals surface area (Å²) in [7, 11) is 0. The highest BCUT2D eigenvalue weighted by atomic mass is 16.5. The number of carbonyl (C=O) groups excluding carboxylic acids is 2. The molecule has 0 saturated heterocycles. The fourth-order valence-electron chi connectivity index (χ4n) is 3.18. The Morgan fingerprint density at radius 2 is 1.62 bits per heavy atom. The van der Waals surface area contributed by atoms with Crippen LogP contribution in [0.25, 0.3) is 10.8 Å². The molecule has 1 unspecified atom stereocenters. The Bertz CT molecular complexity index is 1110. The van der Waals surface area contributed by atoms with Gasteiger partial charge >= 0.3 is 5.97 Å². The molecule has 5 nitrogen and oxygen atoms in total. The van der Waals surface area contributed by atoms with E-state index in [1.807, 2.05) is 48.5 Å². The number of hydrogen-bond donors (Lipinski definition) is 1. The predicted octanol–water partition coefficient (Wildman–Crippen LogP) is 4.65. The lowest BCUT2D eigenvalue weighted by Crippen LogP contribution is -2.34. The quantitative estimate of drug-likeness (QED) is 0.491. The van der Waals surface area contributed by atoms with Crippen molar-refractivity contribution < 1.29 is 18.7 Å². The fraction of sp³-hybridized carbons (Fsp3) is 0.0833. The molecule has 0 bridgehead atoms. The first-order chi connectivity index (χ1) is 14.2. The van der Waals surface area contributed by atoms with E-state index in [0.29, 0.717) is 5.56 Å². The number of carbonyl (C=O) groups is 2. The molecule has 4 aromatic rings. The summed E-state index contributed by atoms with van der Waals surface area (Å²) < 4.78 is 10.7. The summed E-state index contributed by atoms with van der Waals surface area (Å²) in [5.74, 6) is -0.886. The number of nitrogens with one attached hydrogen (secondary N) is 1. The van der Waals surface area contributed by atoms with Crippen LogP contribution in [-0.2, 0) is 16.1 Å². The third-order valence-electron chi connectivity index (χ3n) is 4.64. The van der Waals surface area contributed by atoms with Crippen molar-refractivity contribution in [3.63, 3.8) is 0 Å². The summed E-state index contributed by atoms with van der Waals surface area (Å²) in [4.78, 5) is 25.3. The standard InChI is InChI=1S/C24H19NO4/c26-23(21-14-7-15-28-21)25-22(18-9-2-1-3-10-18)24(27)29-16-19-12-6-11-17-8-4-5-13-20(17)19/h1-15,22H,16H2,(H,25,26). The van der Waals surface area contributed by atoms with Gasteiger partial charge in [0.05, 0.1) is 6.26 Å². The number of ether oxygens (including phenoxy) is 1. The van der Waals surface area contributed by atoms with E-state index in [1.165, 1.54) is 6.26 Å². The molecule has 1 aromatic heterocycles. The lowest BCUT2D eigenvalue weighted by molar-refractivity contribution is -0.147. The Labute approximate surface area is 167 Å². The lowest BCUT2D eigenvalue weighted by atomic mass is 10.0. The summed E-state index contributed by atoms with van der Waals surface area (Å²) >= 11 is 0. The van der Waals surface area contributed by atoms with Crippen molar-refractivity contribution >= 4 is 22.6 Å². The Balaban J connectivity index is 1.54. The molecule has 0 spiro atoms. The Hall–Kier alpha value is -3.86. The topological polar surface area (TPSA) is 68.5 Å². The van der Waals surface area contributed by atoms with Gasteiger partial charge in [-0.15, -0.1) is 0 Å². The maximum absolute atomic E-state index is 12.9. The molecule has 144 valence electrons. The number of furan rings is 1. The van der Waals surface area contributed by atoms with Crippen molar-refractivity contribution in [1.29, 1.82) is 0 Å². The van der Waals surface area contributed by atoms with Gasteiger partial charge in [-0.1, -0.05) is 72.8 Å². The molecule has 0 aliphatic rings. The van der Waals surface area contributed by atoms with E-state index in [0.717, 1.165) is 16.3 Å². The molecular weight excluding hydrogens is 366 g/mol. The number of hydrogen-bond acceptors (Lipinski definition) is 4. The number of esters is 1. The minimum absolute atomic E-state index is 0.111. The lowest BCUT2D eigenvalue weighted by Gasteiger charge is -2.18. The smallest absolute Gasteiger partial charge is 0.333 e. The second-order valence-corrected chi connectivity index (χ2v) is 6.54. The molecule has 0 fully saturated rings. The summed E-state index contributed by atoms with van der Waals surface area (Å²) in [5.41, 5.74) is 1.54. The third kappa shape index (κ3) is 4.19. The molecule has 1 atom stereocenters. The van der Waals surface area contributed by atoms with E-state index in [4.69, 9.17) is 9.15 Å². The second kappa shape index (κ2) is 8.44. The van der Waals surface area contributed by atoms with Crippen LogP contribution in [0.2, 0.25) is 0 Å². The average molecular weight is 385 g/mol. The normalized spacial score (nSPS) is 11.7. The number of fused-ring (bicyclic) bond motifs is 1. The number of rotatable bonds is 6. The maximum atomic E-state index is 12.9. The third-order valence-corrected chi connectivity index (χ3v) is 4.64. The first-order valence-electron chi connectivity index (χ1n) is 9.25. The van der Waals surface area contributed by atoms with E-state index < -0.39 is 17.9 Å². The van der Waals surface area contributed by atoms with Crippen LogP contribution in [0.15, 0.2) is 95.6 Å². The van der Waals surface area contributed by atoms with Crippen LogP contribution in [-0.4, -0.2) is 11.9 Å². The van der Waals surface area contributed by atoms with Gasteiger partial charge in [-0.2, -0.15) is 0 Å². The number of benzene rings is 3. The largest absolute Gasteiger partial charge is 0.459 e. The van der Waals surface area contributed by atoms with Crippen LogP contribution in [0.5, 0.6) is 0 Å². The second-order valence-electron chi connectivity index (χ2n) is 6.54. The summed E-state index contributed by atoms with van der Waals surface area (Å²) in [6, 6.07) is 25.0. The van der Waals surface area contributed by atoms with E-state index in [-0.39, 0.29) is 12.4 Å². The zero-order chi connectivity index (χ0) is 20.1. The van der Waals surface area contributed by atoms with Crippen molar-refractivity contribution in [2.75, 3.05) is 0 Å². The van der Waals surface area contributed by atoms with Crippen molar-refractivity contribution in [3.8, 4) is 0 Å². The van der Waals surface area contributed by atoms with Gasteiger partial charge in [0.25, 0.3) is 5.91 Å². The van der Waals surface area contributed by atoms with Gasteiger partial charge in [-0.25, -0.2) is 4.79 Å². The van der Waals surface area contributed by atoms with E-state index >= 15 is 0 Å². The predicted molar refractivity (Wildman–Crippen MR) is 109 cm³/mol. The minimum atomic E-state index is -0.941. The van der Waals surface area contributed by atoms with Crippen LogP contribution >= 0.6 is 0 Å². The molecule has 3 aromatic carbocycles. The van der Waals surface area contributed by atoms with Crippen molar-refractivity contribution in [2.24, 2.45) is 0 Å². The Kier molecular flexibility index (Phi) is 5.38. The van der Waals surface area contributed by atoms with Gasteiger partial charge in [-0.3, -0.25) is 4.79 Å². The maximum Gasteiger partial charge on any atom is 0.333 e. The zero-order valence-electron chi connectivity index (χ0n) is 15.6. The molecule has 4 rings (SSSR count). The highest BCUT2D eigenvalue weighted by Crippen LogP contribution is 2.21. The first-order valence-corrected chi connectivity index (χ1v) is 9.25. The van der Waals surface area contributed by atoms with Crippen molar-refractivity contribution in [1.82, 2.24) is 5.32 Å². The molecule has 5 heteroatoms. The van der Waals surface area contributed by atoms with E-state index in [9.17, 15) is 9.59 Å². The van der Waals surface area contributed by atoms with Gasteiger partial charge in [0.15, 0.2) is 11.8 Å². The molecule has 0 aliphatic carbocycles. The van der Waals surface area contributed by atoms with Crippen LogP contribution in [0.4, 0.5) is 0 Å². The Morgan fingerprint density at radius 3 is 2.41 bits per heavy atom. The summed E-state index contributed by atoms with van der Waals surface area (Å²) in [5, 5.41) is 4.80. The Morgan fingerprint density at radius 1 is 0.862 bits per heavy atom. The average Bonchev–Trinajstić information content (AvgIpc) is 3.31. The van der Waals surface area contributed by atoms with Gasteiger partial charge < -0.3 is 14.5 Å². The molecule has 1 heterocycles. The molecular formula is C24H19NO4. The highest BCUT2D eigenvalue weighted by molar-refractivity contribution is 5.95. The van der Waals surface area contributed by atoms with E-state index in [2.05, 4.69) is 5.32 Å². The highest BCUT2D eigenvalue weighted by Gasteiger charge is 2.26. The first kappa shape index (κ1) is 18.5. The zero-order valence-corrected chi connectivity index (χ0v) is 15.6. The molecule has 1 N–H and O–H groups in total.